The fourth-order valence-electron chi connectivity index (χ4n) is 1.48. The van der Waals surface area contributed by atoms with Crippen LogP contribution in [-0.4, -0.2) is 5.84 Å². The number of nitrogens with zero attached hydrogens (tertiary/aromatic N) is 1. The van der Waals surface area contributed by atoms with Crippen LogP contribution in [-0.2, 0) is 11.4 Å². The van der Waals surface area contributed by atoms with E-state index in [1.807, 2.05) is 0 Å². The Bertz CT molecular complexity index is 630. The summed E-state index contributed by atoms with van der Waals surface area (Å²) in [7, 11) is 0. The summed E-state index contributed by atoms with van der Waals surface area (Å²) in [5.74, 6) is -0.164. The Balaban J connectivity index is 1.98. The minimum absolute atomic E-state index is 0.171. The molecule has 0 aliphatic heterocycles. The first-order chi connectivity index (χ1) is 9.56. The van der Waals surface area contributed by atoms with Crippen LogP contribution in [0.5, 0.6) is 0 Å². The lowest BCUT2D eigenvalue weighted by molar-refractivity contribution is 0.130. The molecule has 0 spiro atoms. The van der Waals surface area contributed by atoms with Crippen LogP contribution in [0.3, 0.4) is 0 Å². The fraction of sp³-hybridized carbons (Fsp3) is 0.0714. The molecule has 2 N–H and O–H groups in total. The van der Waals surface area contributed by atoms with Crippen molar-refractivity contribution in [1.82, 2.24) is 0 Å². The van der Waals surface area contributed by atoms with E-state index in [4.69, 9.17) is 33.8 Å². The molecule has 2 aromatic rings. The van der Waals surface area contributed by atoms with Gasteiger partial charge in [-0.25, -0.2) is 4.39 Å². The van der Waals surface area contributed by atoms with E-state index in [2.05, 4.69) is 5.16 Å². The lowest BCUT2D eigenvalue weighted by atomic mass is 10.2. The highest BCUT2D eigenvalue weighted by Gasteiger charge is 2.02. The maximum absolute atomic E-state index is 12.8. The molecule has 0 radical (unpaired) electrons. The molecule has 0 atom stereocenters. The zero-order valence-electron chi connectivity index (χ0n) is 10.3. The van der Waals surface area contributed by atoms with Crippen molar-refractivity contribution in [2.24, 2.45) is 10.9 Å². The maximum atomic E-state index is 12.8. The van der Waals surface area contributed by atoms with Gasteiger partial charge in [-0.2, -0.15) is 0 Å². The minimum atomic E-state index is -0.335. The molecule has 20 heavy (non-hydrogen) atoms. The van der Waals surface area contributed by atoms with Gasteiger partial charge >= 0.3 is 0 Å². The topological polar surface area (TPSA) is 47.6 Å². The molecule has 104 valence electrons. The standard InChI is InChI=1S/C14H11Cl2FN2O/c15-12-6-1-9(7-13(12)16)8-20-19-14(18)10-2-4-11(17)5-3-10/h1-7H,8H2,(H2,18,19). The normalized spacial score (nSPS) is 11.4. The second-order valence-corrected chi connectivity index (χ2v) is 4.82. The Morgan fingerprint density at radius 3 is 2.45 bits per heavy atom. The molecule has 0 saturated heterocycles. The molecule has 0 saturated carbocycles. The molecule has 0 unspecified atom stereocenters. The fourth-order valence-corrected chi connectivity index (χ4v) is 1.80. The number of rotatable bonds is 4. The molecule has 0 aliphatic rings. The first-order valence-corrected chi connectivity index (χ1v) is 6.47. The Morgan fingerprint density at radius 2 is 1.80 bits per heavy atom. The van der Waals surface area contributed by atoms with Gasteiger partial charge in [0.15, 0.2) is 5.84 Å². The molecule has 0 fully saturated rings. The van der Waals surface area contributed by atoms with Gasteiger partial charge < -0.3 is 10.6 Å². The molecule has 0 aromatic heterocycles. The molecule has 2 aromatic carbocycles. The average Bonchev–Trinajstić information content (AvgIpc) is 2.43. The Kier molecular flexibility index (Phi) is 4.82. The molecule has 0 amide bonds. The lowest BCUT2D eigenvalue weighted by Gasteiger charge is -2.04. The van der Waals surface area contributed by atoms with Crippen molar-refractivity contribution in [3.8, 4) is 0 Å². The summed E-state index contributed by atoms with van der Waals surface area (Å²) >= 11 is 11.7. The third-order valence-electron chi connectivity index (χ3n) is 2.52. The van der Waals surface area contributed by atoms with Gasteiger partial charge in [-0.15, -0.1) is 0 Å². The van der Waals surface area contributed by atoms with Crippen molar-refractivity contribution >= 4 is 29.0 Å². The second kappa shape index (κ2) is 6.59. The highest BCUT2D eigenvalue weighted by atomic mass is 35.5. The number of hydrogen-bond donors (Lipinski definition) is 1. The van der Waals surface area contributed by atoms with Crippen molar-refractivity contribution in [2.75, 3.05) is 0 Å². The number of oxime groups is 1. The number of halogens is 3. The van der Waals surface area contributed by atoms with E-state index < -0.39 is 0 Å². The van der Waals surface area contributed by atoms with Gasteiger partial charge in [-0.1, -0.05) is 34.4 Å². The predicted molar refractivity (Wildman–Crippen MR) is 78.4 cm³/mol. The van der Waals surface area contributed by atoms with Gasteiger partial charge in [0, 0.05) is 5.56 Å². The molecular formula is C14H11Cl2FN2O. The van der Waals surface area contributed by atoms with E-state index in [0.717, 1.165) is 5.56 Å². The Labute approximate surface area is 125 Å². The van der Waals surface area contributed by atoms with E-state index in [1.165, 1.54) is 24.3 Å². The summed E-state index contributed by atoms with van der Waals surface area (Å²) < 4.78 is 12.8. The third kappa shape index (κ3) is 3.85. The largest absolute Gasteiger partial charge is 0.389 e. The SMILES string of the molecule is N/C(=N/OCc1ccc(Cl)c(Cl)c1)c1ccc(F)cc1. The van der Waals surface area contributed by atoms with Crippen LogP contribution in [0.2, 0.25) is 10.0 Å². The van der Waals surface area contributed by atoms with Crippen molar-refractivity contribution in [1.29, 1.82) is 0 Å². The monoisotopic (exact) mass is 312 g/mol. The van der Waals surface area contributed by atoms with Crippen LogP contribution in [0.4, 0.5) is 4.39 Å². The molecule has 3 nitrogen and oxygen atoms in total. The lowest BCUT2D eigenvalue weighted by Crippen LogP contribution is -2.13. The van der Waals surface area contributed by atoms with E-state index in [1.54, 1.807) is 18.2 Å². The van der Waals surface area contributed by atoms with Crippen LogP contribution in [0.25, 0.3) is 0 Å². The maximum Gasteiger partial charge on any atom is 0.170 e. The van der Waals surface area contributed by atoms with Crippen molar-refractivity contribution in [2.45, 2.75) is 6.61 Å². The minimum Gasteiger partial charge on any atom is -0.389 e. The molecule has 0 heterocycles. The smallest absolute Gasteiger partial charge is 0.170 e. The predicted octanol–water partition coefficient (Wildman–Crippen LogP) is 3.97. The van der Waals surface area contributed by atoms with Gasteiger partial charge in [0.05, 0.1) is 10.0 Å². The first-order valence-electron chi connectivity index (χ1n) is 5.71. The van der Waals surface area contributed by atoms with Gasteiger partial charge in [0.2, 0.25) is 0 Å². The zero-order valence-corrected chi connectivity index (χ0v) is 11.8. The molecule has 2 rings (SSSR count). The quantitative estimate of drug-likeness (QED) is 0.527. The summed E-state index contributed by atoms with van der Waals surface area (Å²) in [6, 6.07) is 10.8. The molecule has 0 aliphatic carbocycles. The van der Waals surface area contributed by atoms with Gasteiger partial charge in [0.25, 0.3) is 0 Å². The van der Waals surface area contributed by atoms with Crippen molar-refractivity contribution in [3.63, 3.8) is 0 Å². The Morgan fingerprint density at radius 1 is 1.10 bits per heavy atom. The average molecular weight is 313 g/mol. The number of benzene rings is 2. The number of hydrogen-bond acceptors (Lipinski definition) is 2. The van der Waals surface area contributed by atoms with Gasteiger partial charge in [0.1, 0.15) is 12.4 Å². The van der Waals surface area contributed by atoms with Gasteiger partial charge in [-0.05, 0) is 42.0 Å². The van der Waals surface area contributed by atoms with Crippen LogP contribution in [0.1, 0.15) is 11.1 Å². The highest BCUT2D eigenvalue weighted by molar-refractivity contribution is 6.42. The number of nitrogens with two attached hydrogens (primary N) is 1. The first kappa shape index (κ1) is 14.6. The summed E-state index contributed by atoms with van der Waals surface area (Å²) in [4.78, 5) is 5.13. The summed E-state index contributed by atoms with van der Waals surface area (Å²) in [6.07, 6.45) is 0. The van der Waals surface area contributed by atoms with E-state index >= 15 is 0 Å². The van der Waals surface area contributed by atoms with Crippen LogP contribution in [0.15, 0.2) is 47.6 Å². The molecule has 6 heteroatoms. The van der Waals surface area contributed by atoms with Crippen LogP contribution < -0.4 is 5.73 Å². The van der Waals surface area contributed by atoms with Crippen molar-refractivity contribution < 1.29 is 9.23 Å². The molecular weight excluding hydrogens is 302 g/mol. The van der Waals surface area contributed by atoms with Crippen LogP contribution in [0, 0.1) is 5.82 Å². The third-order valence-corrected chi connectivity index (χ3v) is 3.26. The highest BCUT2D eigenvalue weighted by Crippen LogP contribution is 2.22. The summed E-state index contributed by atoms with van der Waals surface area (Å²) in [6.45, 7) is 0.207. The van der Waals surface area contributed by atoms with Crippen molar-refractivity contribution in [3.05, 3.63) is 69.5 Å². The zero-order chi connectivity index (χ0) is 14.5. The van der Waals surface area contributed by atoms with E-state index in [9.17, 15) is 4.39 Å². The molecule has 0 bridgehead atoms. The second-order valence-electron chi connectivity index (χ2n) is 4.01. The van der Waals surface area contributed by atoms with Gasteiger partial charge in [-0.3, -0.25) is 0 Å². The Hall–Kier alpha value is -1.78. The summed E-state index contributed by atoms with van der Waals surface area (Å²) in [5, 5.41) is 4.69. The van der Waals surface area contributed by atoms with E-state index in [0.29, 0.717) is 15.6 Å². The number of amidine groups is 1. The summed E-state index contributed by atoms with van der Waals surface area (Å²) in [5.41, 5.74) is 7.12. The van der Waals surface area contributed by atoms with E-state index in [-0.39, 0.29) is 18.3 Å². The van der Waals surface area contributed by atoms with Crippen LogP contribution >= 0.6 is 23.2 Å².